The van der Waals surface area contributed by atoms with E-state index in [2.05, 4.69) is 0 Å². The average molecular weight is 296 g/mol. The molecule has 0 heterocycles. The molecular weight excluding hydrogens is 277 g/mol. The Kier molecular flexibility index (Phi) is 4.88. The average Bonchev–Trinajstić information content (AvgIpc) is 3.03. The van der Waals surface area contributed by atoms with Crippen molar-refractivity contribution < 1.29 is 27.9 Å². The number of carboxylic acids is 1. The fourth-order valence-corrected chi connectivity index (χ4v) is 1.88. The molecule has 0 aromatic carbocycles. The number of halogens is 3. The molecule has 1 aliphatic carbocycles. The van der Waals surface area contributed by atoms with Gasteiger partial charge in [0, 0.05) is 19.0 Å². The van der Waals surface area contributed by atoms with Crippen LogP contribution in [0.4, 0.5) is 18.0 Å². The highest BCUT2D eigenvalue weighted by Crippen LogP contribution is 2.49. The zero-order chi connectivity index (χ0) is 15.6. The van der Waals surface area contributed by atoms with Crippen LogP contribution in [0.1, 0.15) is 39.5 Å². The molecule has 5 nitrogen and oxygen atoms in total. The van der Waals surface area contributed by atoms with Crippen LogP contribution in [-0.4, -0.2) is 46.3 Å². The van der Waals surface area contributed by atoms with Gasteiger partial charge >= 0.3 is 18.2 Å². The lowest BCUT2D eigenvalue weighted by molar-refractivity contribution is -0.163. The van der Waals surface area contributed by atoms with Crippen molar-refractivity contribution in [2.45, 2.75) is 57.3 Å². The predicted octanol–water partition coefficient (Wildman–Crippen LogP) is 2.37. The fraction of sp³-hybridized carbons (Fsp3) is 0.833. The standard InChI is InChI=1S/C12H19F3N2O3/c1-8(2)17(7-3-4-9(18)19)10(20)16-11(5-6-11)12(13,14)15/h8H,3-7H2,1-2H3,(H,16,20)(H,18,19). The number of amides is 2. The molecule has 0 radical (unpaired) electrons. The van der Waals surface area contributed by atoms with E-state index < -0.39 is 23.7 Å². The zero-order valence-electron chi connectivity index (χ0n) is 11.5. The lowest BCUT2D eigenvalue weighted by Crippen LogP contribution is -2.54. The molecule has 0 saturated heterocycles. The summed E-state index contributed by atoms with van der Waals surface area (Å²) in [5, 5.41) is 10.6. The number of carbonyl (C=O) groups excluding carboxylic acids is 1. The number of hydrogen-bond donors (Lipinski definition) is 2. The van der Waals surface area contributed by atoms with Crippen molar-refractivity contribution >= 4 is 12.0 Å². The second-order valence-electron chi connectivity index (χ2n) is 5.29. The maximum Gasteiger partial charge on any atom is 0.411 e. The minimum atomic E-state index is -4.45. The van der Waals surface area contributed by atoms with E-state index in [9.17, 15) is 22.8 Å². The van der Waals surface area contributed by atoms with Crippen LogP contribution in [0.25, 0.3) is 0 Å². The van der Waals surface area contributed by atoms with Gasteiger partial charge in [0.15, 0.2) is 0 Å². The Morgan fingerprint density at radius 2 is 1.90 bits per heavy atom. The third-order valence-corrected chi connectivity index (χ3v) is 3.31. The molecule has 0 unspecified atom stereocenters. The molecule has 1 aliphatic rings. The van der Waals surface area contributed by atoms with Crippen LogP contribution in [-0.2, 0) is 4.79 Å². The number of urea groups is 1. The Bertz CT molecular complexity index is 379. The Labute approximate surface area is 115 Å². The summed E-state index contributed by atoms with van der Waals surface area (Å²) in [6.07, 6.45) is -4.58. The van der Waals surface area contributed by atoms with Gasteiger partial charge in [-0.25, -0.2) is 4.79 Å². The maximum absolute atomic E-state index is 12.8. The first-order valence-corrected chi connectivity index (χ1v) is 6.46. The van der Waals surface area contributed by atoms with E-state index in [1.54, 1.807) is 13.8 Å². The van der Waals surface area contributed by atoms with Gasteiger partial charge in [-0.15, -0.1) is 0 Å². The number of alkyl halides is 3. The van der Waals surface area contributed by atoms with E-state index in [0.29, 0.717) is 0 Å². The van der Waals surface area contributed by atoms with Crippen LogP contribution in [0.3, 0.4) is 0 Å². The quantitative estimate of drug-likeness (QED) is 0.790. The van der Waals surface area contributed by atoms with Crippen LogP contribution in [0.15, 0.2) is 0 Å². The molecular formula is C12H19F3N2O3. The normalized spacial score (nSPS) is 16.9. The van der Waals surface area contributed by atoms with Gasteiger partial charge in [0.2, 0.25) is 0 Å². The van der Waals surface area contributed by atoms with Gasteiger partial charge in [-0.3, -0.25) is 4.79 Å². The summed E-state index contributed by atoms with van der Waals surface area (Å²) in [5.74, 6) is -0.997. The molecule has 2 amide bonds. The van der Waals surface area contributed by atoms with Crippen molar-refractivity contribution in [2.75, 3.05) is 6.54 Å². The highest BCUT2D eigenvalue weighted by Gasteiger charge is 2.64. The van der Waals surface area contributed by atoms with E-state index >= 15 is 0 Å². The predicted molar refractivity (Wildman–Crippen MR) is 65.3 cm³/mol. The molecule has 116 valence electrons. The molecule has 8 heteroatoms. The zero-order valence-corrected chi connectivity index (χ0v) is 11.5. The number of carbonyl (C=O) groups is 2. The number of rotatable bonds is 6. The van der Waals surface area contributed by atoms with Crippen molar-refractivity contribution in [1.29, 1.82) is 0 Å². The van der Waals surface area contributed by atoms with Gasteiger partial charge in [0.25, 0.3) is 0 Å². The minimum absolute atomic E-state index is 0.108. The Balaban J connectivity index is 2.59. The van der Waals surface area contributed by atoms with Crippen LogP contribution in [0.5, 0.6) is 0 Å². The first-order chi connectivity index (χ1) is 9.09. The molecule has 0 aliphatic heterocycles. The number of aliphatic carboxylic acids is 1. The number of hydrogen-bond acceptors (Lipinski definition) is 2. The lowest BCUT2D eigenvalue weighted by Gasteiger charge is -2.30. The van der Waals surface area contributed by atoms with Crippen molar-refractivity contribution in [2.24, 2.45) is 0 Å². The summed E-state index contributed by atoms with van der Waals surface area (Å²) in [4.78, 5) is 23.6. The smallest absolute Gasteiger partial charge is 0.411 e. The van der Waals surface area contributed by atoms with E-state index in [0.717, 1.165) is 0 Å². The molecule has 0 spiro atoms. The SMILES string of the molecule is CC(C)N(CCCC(=O)O)C(=O)NC1(C(F)(F)F)CC1. The van der Waals surface area contributed by atoms with Crippen LogP contribution < -0.4 is 5.32 Å². The molecule has 1 fully saturated rings. The fourth-order valence-electron chi connectivity index (χ4n) is 1.88. The molecule has 1 rings (SSSR count). The molecule has 0 atom stereocenters. The third-order valence-electron chi connectivity index (χ3n) is 3.31. The summed E-state index contributed by atoms with van der Waals surface area (Å²) in [6.45, 7) is 3.46. The van der Waals surface area contributed by atoms with E-state index in [4.69, 9.17) is 5.11 Å². The number of carboxylic acid groups (broad SMARTS) is 1. The summed E-state index contributed by atoms with van der Waals surface area (Å²) in [5.41, 5.74) is -2.09. The first-order valence-electron chi connectivity index (χ1n) is 6.46. The summed E-state index contributed by atoms with van der Waals surface area (Å²) < 4.78 is 38.3. The second-order valence-corrected chi connectivity index (χ2v) is 5.29. The van der Waals surface area contributed by atoms with Gasteiger partial charge in [0.1, 0.15) is 5.54 Å². The van der Waals surface area contributed by atoms with Gasteiger partial charge in [-0.05, 0) is 33.1 Å². The van der Waals surface area contributed by atoms with Crippen LogP contribution >= 0.6 is 0 Å². The van der Waals surface area contributed by atoms with E-state index in [-0.39, 0.29) is 38.3 Å². The van der Waals surface area contributed by atoms with Gasteiger partial charge < -0.3 is 15.3 Å². The molecule has 0 aromatic rings. The highest BCUT2D eigenvalue weighted by atomic mass is 19.4. The summed E-state index contributed by atoms with van der Waals surface area (Å²) in [6, 6.07) is -1.09. The monoisotopic (exact) mass is 296 g/mol. The van der Waals surface area contributed by atoms with Gasteiger partial charge in [0.05, 0.1) is 0 Å². The molecule has 2 N–H and O–H groups in total. The second kappa shape index (κ2) is 5.88. The van der Waals surface area contributed by atoms with Crippen molar-refractivity contribution in [3.63, 3.8) is 0 Å². The Hall–Kier alpha value is -1.47. The number of nitrogens with zero attached hydrogens (tertiary/aromatic N) is 1. The molecule has 20 heavy (non-hydrogen) atoms. The lowest BCUT2D eigenvalue weighted by atomic mass is 10.2. The molecule has 0 aromatic heterocycles. The summed E-state index contributed by atoms with van der Waals surface area (Å²) >= 11 is 0. The van der Waals surface area contributed by atoms with Crippen molar-refractivity contribution in [1.82, 2.24) is 10.2 Å². The highest BCUT2D eigenvalue weighted by molar-refractivity contribution is 5.76. The topological polar surface area (TPSA) is 69.6 Å². The Morgan fingerprint density at radius 1 is 1.35 bits per heavy atom. The van der Waals surface area contributed by atoms with Gasteiger partial charge in [-0.1, -0.05) is 0 Å². The van der Waals surface area contributed by atoms with Crippen LogP contribution in [0, 0.1) is 0 Å². The van der Waals surface area contributed by atoms with Crippen LogP contribution in [0.2, 0.25) is 0 Å². The number of nitrogens with one attached hydrogen (secondary N) is 1. The molecule has 0 bridgehead atoms. The summed E-state index contributed by atoms with van der Waals surface area (Å²) in [7, 11) is 0. The molecule has 1 saturated carbocycles. The van der Waals surface area contributed by atoms with E-state index in [1.807, 2.05) is 5.32 Å². The minimum Gasteiger partial charge on any atom is -0.481 e. The first kappa shape index (κ1) is 16.6. The van der Waals surface area contributed by atoms with Crippen molar-refractivity contribution in [3.8, 4) is 0 Å². The largest absolute Gasteiger partial charge is 0.481 e. The maximum atomic E-state index is 12.8. The van der Waals surface area contributed by atoms with E-state index in [1.165, 1.54) is 4.90 Å². The Morgan fingerprint density at radius 3 is 2.25 bits per heavy atom. The van der Waals surface area contributed by atoms with Crippen molar-refractivity contribution in [3.05, 3.63) is 0 Å². The third kappa shape index (κ3) is 4.01. The van der Waals surface area contributed by atoms with Gasteiger partial charge in [-0.2, -0.15) is 13.2 Å².